The molecule has 88 valence electrons. The molecule has 0 heterocycles. The van der Waals surface area contributed by atoms with Gasteiger partial charge in [-0.3, -0.25) is 0 Å². The van der Waals surface area contributed by atoms with Crippen LogP contribution in [0.2, 0.25) is 0 Å². The Kier molecular flexibility index (Phi) is 3.78. The predicted molar refractivity (Wildman–Crippen MR) is 69.8 cm³/mol. The highest BCUT2D eigenvalue weighted by Crippen LogP contribution is 2.14. The van der Waals surface area contributed by atoms with Crippen LogP contribution in [0.3, 0.4) is 0 Å². The van der Waals surface area contributed by atoms with E-state index in [0.717, 1.165) is 12.1 Å². The number of aromatic hydroxyl groups is 1. The van der Waals surface area contributed by atoms with Crippen LogP contribution in [0.15, 0.2) is 54.6 Å². The SMILES string of the molecule is C[C@H](NCc1cccc(O)c1)c1ccccc1. The van der Waals surface area contributed by atoms with Crippen LogP contribution in [-0.4, -0.2) is 5.11 Å². The molecule has 2 rings (SSSR count). The molecule has 0 saturated heterocycles. The maximum absolute atomic E-state index is 9.37. The third kappa shape index (κ3) is 3.33. The summed E-state index contributed by atoms with van der Waals surface area (Å²) in [7, 11) is 0. The first-order valence-electron chi connectivity index (χ1n) is 5.82. The number of hydrogen-bond acceptors (Lipinski definition) is 2. The Morgan fingerprint density at radius 2 is 1.82 bits per heavy atom. The Labute approximate surface area is 102 Å². The molecule has 0 aliphatic rings. The molecule has 0 amide bonds. The van der Waals surface area contributed by atoms with E-state index in [-0.39, 0.29) is 0 Å². The first-order chi connectivity index (χ1) is 8.25. The molecule has 2 heteroatoms. The van der Waals surface area contributed by atoms with Crippen molar-refractivity contribution in [3.05, 3.63) is 65.7 Å². The molecule has 2 aromatic rings. The summed E-state index contributed by atoms with van der Waals surface area (Å²) < 4.78 is 0. The summed E-state index contributed by atoms with van der Waals surface area (Å²) in [5.74, 6) is 0.316. The van der Waals surface area contributed by atoms with E-state index in [1.165, 1.54) is 5.56 Å². The van der Waals surface area contributed by atoms with Crippen LogP contribution in [0.1, 0.15) is 24.1 Å². The minimum Gasteiger partial charge on any atom is -0.508 e. The first kappa shape index (κ1) is 11.7. The van der Waals surface area contributed by atoms with Crippen LogP contribution >= 0.6 is 0 Å². The molecule has 0 fully saturated rings. The highest BCUT2D eigenvalue weighted by molar-refractivity contribution is 5.27. The summed E-state index contributed by atoms with van der Waals surface area (Å²) >= 11 is 0. The van der Waals surface area contributed by atoms with Gasteiger partial charge >= 0.3 is 0 Å². The zero-order valence-electron chi connectivity index (χ0n) is 9.93. The summed E-state index contributed by atoms with van der Waals surface area (Å²) in [6.07, 6.45) is 0. The molecule has 0 spiro atoms. The molecule has 0 bridgehead atoms. The Morgan fingerprint density at radius 1 is 1.06 bits per heavy atom. The van der Waals surface area contributed by atoms with Gasteiger partial charge in [-0.25, -0.2) is 0 Å². The van der Waals surface area contributed by atoms with Gasteiger partial charge in [0.25, 0.3) is 0 Å². The van der Waals surface area contributed by atoms with E-state index >= 15 is 0 Å². The molecule has 2 N–H and O–H groups in total. The van der Waals surface area contributed by atoms with Crippen molar-refractivity contribution in [3.8, 4) is 5.75 Å². The second-order valence-corrected chi connectivity index (χ2v) is 4.18. The molecule has 0 saturated carbocycles. The topological polar surface area (TPSA) is 32.3 Å². The molecule has 0 radical (unpaired) electrons. The van der Waals surface area contributed by atoms with Crippen LogP contribution < -0.4 is 5.32 Å². The van der Waals surface area contributed by atoms with E-state index in [1.54, 1.807) is 12.1 Å². The van der Waals surface area contributed by atoms with Gasteiger partial charge in [0.05, 0.1) is 0 Å². The van der Waals surface area contributed by atoms with E-state index in [1.807, 2.05) is 30.3 Å². The Morgan fingerprint density at radius 3 is 2.53 bits per heavy atom. The Balaban J connectivity index is 1.95. The van der Waals surface area contributed by atoms with Crippen LogP contribution in [0.4, 0.5) is 0 Å². The summed E-state index contributed by atoms with van der Waals surface area (Å²) in [4.78, 5) is 0. The van der Waals surface area contributed by atoms with Crippen molar-refractivity contribution in [1.29, 1.82) is 0 Å². The number of phenolic OH excluding ortho intramolecular Hbond substituents is 1. The first-order valence-corrected chi connectivity index (χ1v) is 5.82. The lowest BCUT2D eigenvalue weighted by molar-refractivity contribution is 0.473. The van der Waals surface area contributed by atoms with Crippen molar-refractivity contribution >= 4 is 0 Å². The minimum absolute atomic E-state index is 0.304. The zero-order valence-corrected chi connectivity index (χ0v) is 9.93. The fraction of sp³-hybridized carbons (Fsp3) is 0.200. The van der Waals surface area contributed by atoms with E-state index in [9.17, 15) is 5.11 Å². The monoisotopic (exact) mass is 227 g/mol. The molecular formula is C15H17NO. The normalized spacial score (nSPS) is 12.3. The molecular weight excluding hydrogens is 210 g/mol. The minimum atomic E-state index is 0.304. The second-order valence-electron chi connectivity index (χ2n) is 4.18. The molecule has 2 aromatic carbocycles. The largest absolute Gasteiger partial charge is 0.508 e. The average molecular weight is 227 g/mol. The van der Waals surface area contributed by atoms with E-state index < -0.39 is 0 Å². The van der Waals surface area contributed by atoms with E-state index in [4.69, 9.17) is 0 Å². The molecule has 0 aliphatic carbocycles. The van der Waals surface area contributed by atoms with E-state index in [2.05, 4.69) is 24.4 Å². The third-order valence-corrected chi connectivity index (χ3v) is 2.82. The zero-order chi connectivity index (χ0) is 12.1. The smallest absolute Gasteiger partial charge is 0.115 e. The third-order valence-electron chi connectivity index (χ3n) is 2.82. The summed E-state index contributed by atoms with van der Waals surface area (Å²) in [6.45, 7) is 2.89. The van der Waals surface area contributed by atoms with Gasteiger partial charge in [-0.15, -0.1) is 0 Å². The molecule has 17 heavy (non-hydrogen) atoms. The second kappa shape index (κ2) is 5.51. The predicted octanol–water partition coefficient (Wildman–Crippen LogP) is 3.24. The fourth-order valence-electron chi connectivity index (χ4n) is 1.80. The quantitative estimate of drug-likeness (QED) is 0.840. The van der Waals surface area contributed by atoms with Crippen molar-refractivity contribution in [1.82, 2.24) is 5.32 Å². The average Bonchev–Trinajstić information content (AvgIpc) is 2.37. The van der Waals surface area contributed by atoms with Gasteiger partial charge < -0.3 is 10.4 Å². The standard InChI is InChI=1S/C15H17NO/c1-12(14-7-3-2-4-8-14)16-11-13-6-5-9-15(17)10-13/h2-10,12,16-17H,11H2,1H3/t12-/m0/s1. The molecule has 0 aliphatic heterocycles. The van der Waals surface area contributed by atoms with Gasteiger partial charge in [-0.05, 0) is 30.2 Å². The van der Waals surface area contributed by atoms with Crippen molar-refractivity contribution in [2.45, 2.75) is 19.5 Å². The molecule has 2 nitrogen and oxygen atoms in total. The Hall–Kier alpha value is -1.80. The van der Waals surface area contributed by atoms with Crippen LogP contribution in [0.25, 0.3) is 0 Å². The van der Waals surface area contributed by atoms with Crippen molar-refractivity contribution in [2.24, 2.45) is 0 Å². The lowest BCUT2D eigenvalue weighted by atomic mass is 10.1. The summed E-state index contributed by atoms with van der Waals surface area (Å²) in [5, 5.41) is 12.8. The van der Waals surface area contributed by atoms with Gasteiger partial charge in [0, 0.05) is 12.6 Å². The van der Waals surface area contributed by atoms with Crippen LogP contribution in [0.5, 0.6) is 5.75 Å². The van der Waals surface area contributed by atoms with Gasteiger partial charge in [-0.2, -0.15) is 0 Å². The molecule has 1 atom stereocenters. The number of nitrogens with one attached hydrogen (secondary N) is 1. The summed E-state index contributed by atoms with van der Waals surface area (Å²) in [6, 6.07) is 18.0. The van der Waals surface area contributed by atoms with Crippen molar-refractivity contribution in [3.63, 3.8) is 0 Å². The van der Waals surface area contributed by atoms with Crippen LogP contribution in [-0.2, 0) is 6.54 Å². The number of phenols is 1. The van der Waals surface area contributed by atoms with Gasteiger partial charge in [0.15, 0.2) is 0 Å². The lowest BCUT2D eigenvalue weighted by Crippen LogP contribution is -2.17. The molecule has 0 unspecified atom stereocenters. The van der Waals surface area contributed by atoms with Gasteiger partial charge in [-0.1, -0.05) is 42.5 Å². The van der Waals surface area contributed by atoms with Crippen LogP contribution in [0, 0.1) is 0 Å². The van der Waals surface area contributed by atoms with Gasteiger partial charge in [0.1, 0.15) is 5.75 Å². The highest BCUT2D eigenvalue weighted by Gasteiger charge is 2.03. The number of benzene rings is 2. The summed E-state index contributed by atoms with van der Waals surface area (Å²) in [5.41, 5.74) is 2.36. The lowest BCUT2D eigenvalue weighted by Gasteiger charge is -2.14. The number of rotatable bonds is 4. The maximum atomic E-state index is 9.37. The fourth-order valence-corrected chi connectivity index (χ4v) is 1.80. The van der Waals surface area contributed by atoms with Gasteiger partial charge in [0.2, 0.25) is 0 Å². The van der Waals surface area contributed by atoms with Crippen molar-refractivity contribution < 1.29 is 5.11 Å². The Bertz CT molecular complexity index is 467. The molecule has 0 aromatic heterocycles. The van der Waals surface area contributed by atoms with Crippen molar-refractivity contribution in [2.75, 3.05) is 0 Å². The number of hydrogen-bond donors (Lipinski definition) is 2. The maximum Gasteiger partial charge on any atom is 0.115 e. The highest BCUT2D eigenvalue weighted by atomic mass is 16.3. The van der Waals surface area contributed by atoms with E-state index in [0.29, 0.717) is 11.8 Å².